The Balaban J connectivity index is 1.26. The second kappa shape index (κ2) is 11.6. The van der Waals surface area contributed by atoms with Gasteiger partial charge < -0.3 is 19.7 Å². The number of aromatic nitrogens is 4. The van der Waals surface area contributed by atoms with Crippen molar-refractivity contribution in [3.05, 3.63) is 24.2 Å². The highest BCUT2D eigenvalue weighted by molar-refractivity contribution is 5.93. The molecule has 1 N–H and O–H groups in total. The van der Waals surface area contributed by atoms with Gasteiger partial charge in [-0.25, -0.2) is 14.6 Å². The van der Waals surface area contributed by atoms with Gasteiger partial charge in [-0.05, 0) is 69.8 Å². The number of hydrogen-bond donors (Lipinski definition) is 1. The first-order valence-electron chi connectivity index (χ1n) is 13.7. The Morgan fingerprint density at radius 2 is 1.81 bits per heavy atom. The van der Waals surface area contributed by atoms with Gasteiger partial charge in [-0.1, -0.05) is 6.92 Å². The maximum atomic E-state index is 13.5. The second-order valence-corrected chi connectivity index (χ2v) is 10.7. The standard InChI is InChI=1S/C27H38N6O4/c1-18-6-8-20(9-7-18)30-26(34)19-10-12-32(13-11-19)27(35)22-15-23(21-16-24(36-2)29-17-28-21)33(31-22)25-5-3-4-14-37-25/h15-20,25H,3-14H2,1-2H3,(H,30,34). The van der Waals surface area contributed by atoms with Crippen molar-refractivity contribution in [3.63, 3.8) is 0 Å². The average molecular weight is 511 g/mol. The Morgan fingerprint density at radius 1 is 1.03 bits per heavy atom. The van der Waals surface area contributed by atoms with Crippen LogP contribution in [0.2, 0.25) is 0 Å². The van der Waals surface area contributed by atoms with E-state index in [9.17, 15) is 9.59 Å². The molecule has 2 aromatic rings. The number of amides is 2. The number of methoxy groups -OCH3 is 1. The number of ether oxygens (including phenoxy) is 2. The van der Waals surface area contributed by atoms with Crippen LogP contribution in [0, 0.1) is 11.8 Å². The smallest absolute Gasteiger partial charge is 0.274 e. The molecule has 4 heterocycles. The van der Waals surface area contributed by atoms with Gasteiger partial charge in [0, 0.05) is 37.7 Å². The zero-order valence-corrected chi connectivity index (χ0v) is 21.9. The van der Waals surface area contributed by atoms with Gasteiger partial charge in [-0.2, -0.15) is 5.10 Å². The largest absolute Gasteiger partial charge is 0.481 e. The molecule has 37 heavy (non-hydrogen) atoms. The zero-order chi connectivity index (χ0) is 25.8. The molecule has 0 aromatic carbocycles. The maximum absolute atomic E-state index is 13.5. The first-order valence-corrected chi connectivity index (χ1v) is 13.7. The maximum Gasteiger partial charge on any atom is 0.274 e. The number of hydrogen-bond acceptors (Lipinski definition) is 7. The van der Waals surface area contributed by atoms with E-state index in [0.29, 0.717) is 61.5 Å². The summed E-state index contributed by atoms with van der Waals surface area (Å²) in [7, 11) is 1.56. The third-order valence-corrected chi connectivity index (χ3v) is 8.01. The van der Waals surface area contributed by atoms with Gasteiger partial charge in [0.1, 0.15) is 6.33 Å². The molecule has 1 saturated carbocycles. The lowest BCUT2D eigenvalue weighted by Crippen LogP contribution is -2.46. The molecule has 0 spiro atoms. The zero-order valence-electron chi connectivity index (χ0n) is 21.9. The first kappa shape index (κ1) is 25.6. The highest BCUT2D eigenvalue weighted by Gasteiger charge is 2.32. The number of nitrogens with zero attached hydrogens (tertiary/aromatic N) is 5. The summed E-state index contributed by atoms with van der Waals surface area (Å²) in [4.78, 5) is 36.7. The molecule has 2 aromatic heterocycles. The minimum atomic E-state index is -0.247. The van der Waals surface area contributed by atoms with Gasteiger partial charge in [-0.15, -0.1) is 0 Å². The lowest BCUT2D eigenvalue weighted by atomic mass is 9.86. The summed E-state index contributed by atoms with van der Waals surface area (Å²) in [6.45, 7) is 4.03. The van der Waals surface area contributed by atoms with Crippen molar-refractivity contribution >= 4 is 11.8 Å². The topological polar surface area (TPSA) is 111 Å². The fourth-order valence-corrected chi connectivity index (χ4v) is 5.65. The number of nitrogens with one attached hydrogen (secondary N) is 1. The van der Waals surface area contributed by atoms with E-state index in [-0.39, 0.29) is 24.0 Å². The predicted octanol–water partition coefficient (Wildman–Crippen LogP) is 3.59. The summed E-state index contributed by atoms with van der Waals surface area (Å²) in [6.07, 6.45) is 9.91. The van der Waals surface area contributed by atoms with Crippen molar-refractivity contribution in [2.45, 2.75) is 77.0 Å². The molecule has 1 atom stereocenters. The molecule has 10 nitrogen and oxygen atoms in total. The number of likely N-dealkylation sites (tertiary alicyclic amines) is 1. The van der Waals surface area contributed by atoms with Gasteiger partial charge in [-0.3, -0.25) is 9.59 Å². The molecular weight excluding hydrogens is 472 g/mol. The van der Waals surface area contributed by atoms with E-state index in [1.807, 2.05) is 4.90 Å². The Hall–Kier alpha value is -3.01. The molecule has 10 heteroatoms. The van der Waals surface area contributed by atoms with Crippen molar-refractivity contribution < 1.29 is 19.1 Å². The highest BCUT2D eigenvalue weighted by atomic mass is 16.5. The molecule has 3 aliphatic rings. The van der Waals surface area contributed by atoms with E-state index >= 15 is 0 Å². The van der Waals surface area contributed by atoms with Crippen LogP contribution in [0.25, 0.3) is 11.4 Å². The molecule has 1 aliphatic carbocycles. The normalized spacial score (nSPS) is 25.0. The van der Waals surface area contributed by atoms with Gasteiger partial charge >= 0.3 is 0 Å². The summed E-state index contributed by atoms with van der Waals surface area (Å²) in [6, 6.07) is 3.82. The van der Waals surface area contributed by atoms with Gasteiger partial charge in [0.05, 0.1) is 18.5 Å². The van der Waals surface area contributed by atoms with Gasteiger partial charge in [0.25, 0.3) is 5.91 Å². The SMILES string of the molecule is COc1cc(-c2cc(C(=O)N3CCC(C(=O)NC4CCC(C)CC4)CC3)nn2C2CCCCO2)ncn1. The van der Waals surface area contributed by atoms with Crippen molar-refractivity contribution in [2.24, 2.45) is 11.8 Å². The number of piperidine rings is 1. The molecule has 3 fully saturated rings. The Kier molecular flexibility index (Phi) is 8.02. The van der Waals surface area contributed by atoms with Crippen LogP contribution in [0.5, 0.6) is 5.88 Å². The lowest BCUT2D eigenvalue weighted by molar-refractivity contribution is -0.127. The highest BCUT2D eigenvalue weighted by Crippen LogP contribution is 2.30. The third kappa shape index (κ3) is 5.95. The average Bonchev–Trinajstić information content (AvgIpc) is 3.40. The van der Waals surface area contributed by atoms with Gasteiger partial charge in [0.15, 0.2) is 11.9 Å². The van der Waals surface area contributed by atoms with E-state index in [0.717, 1.165) is 38.0 Å². The third-order valence-electron chi connectivity index (χ3n) is 8.01. The Bertz CT molecular complexity index is 1080. The minimum absolute atomic E-state index is 0.0411. The van der Waals surface area contributed by atoms with Crippen LogP contribution in [0.15, 0.2) is 18.5 Å². The van der Waals surface area contributed by atoms with Crippen molar-refractivity contribution in [2.75, 3.05) is 26.8 Å². The van der Waals surface area contributed by atoms with Crippen LogP contribution in [0.1, 0.15) is 81.4 Å². The Labute approximate surface area is 218 Å². The van der Waals surface area contributed by atoms with Crippen LogP contribution >= 0.6 is 0 Å². The van der Waals surface area contributed by atoms with Crippen molar-refractivity contribution in [3.8, 4) is 17.3 Å². The van der Waals surface area contributed by atoms with E-state index in [4.69, 9.17) is 14.6 Å². The molecule has 2 saturated heterocycles. The number of carbonyl (C=O) groups is 2. The van der Waals surface area contributed by atoms with Crippen molar-refractivity contribution in [1.82, 2.24) is 30.0 Å². The number of carbonyl (C=O) groups excluding carboxylic acids is 2. The van der Waals surface area contributed by atoms with Crippen LogP contribution in [0.3, 0.4) is 0 Å². The molecule has 1 unspecified atom stereocenters. The molecule has 0 radical (unpaired) electrons. The van der Waals surface area contributed by atoms with Crippen molar-refractivity contribution in [1.29, 1.82) is 0 Å². The van der Waals surface area contributed by atoms with Crippen LogP contribution in [0.4, 0.5) is 0 Å². The van der Waals surface area contributed by atoms with E-state index in [1.165, 1.54) is 19.2 Å². The molecule has 200 valence electrons. The summed E-state index contributed by atoms with van der Waals surface area (Å²) in [5.74, 6) is 1.17. The monoisotopic (exact) mass is 510 g/mol. The summed E-state index contributed by atoms with van der Waals surface area (Å²) >= 11 is 0. The van der Waals surface area contributed by atoms with E-state index in [1.54, 1.807) is 23.9 Å². The van der Waals surface area contributed by atoms with E-state index in [2.05, 4.69) is 22.2 Å². The fourth-order valence-electron chi connectivity index (χ4n) is 5.65. The first-order chi connectivity index (χ1) is 18.0. The molecule has 2 amide bonds. The fraction of sp³-hybridized carbons (Fsp3) is 0.667. The van der Waals surface area contributed by atoms with Gasteiger partial charge in [0.2, 0.25) is 11.8 Å². The minimum Gasteiger partial charge on any atom is -0.481 e. The number of rotatable bonds is 6. The lowest BCUT2D eigenvalue weighted by Gasteiger charge is -2.33. The summed E-state index contributed by atoms with van der Waals surface area (Å²) in [5, 5.41) is 7.96. The molecule has 2 aliphatic heterocycles. The van der Waals surface area contributed by atoms with E-state index < -0.39 is 0 Å². The van der Waals surface area contributed by atoms with Crippen LogP contribution < -0.4 is 10.1 Å². The molecular formula is C27H38N6O4. The molecule has 0 bridgehead atoms. The van der Waals surface area contributed by atoms with Crippen LogP contribution in [-0.4, -0.2) is 69.3 Å². The summed E-state index contributed by atoms with van der Waals surface area (Å²) < 4.78 is 13.0. The Morgan fingerprint density at radius 3 is 2.51 bits per heavy atom. The molecule has 5 rings (SSSR count). The summed E-state index contributed by atoms with van der Waals surface area (Å²) in [5.41, 5.74) is 1.69. The predicted molar refractivity (Wildman–Crippen MR) is 137 cm³/mol. The quantitative estimate of drug-likeness (QED) is 0.632. The van der Waals surface area contributed by atoms with Crippen LogP contribution in [-0.2, 0) is 9.53 Å². The second-order valence-electron chi connectivity index (χ2n) is 10.7.